The van der Waals surface area contributed by atoms with Crippen LogP contribution in [0.3, 0.4) is 0 Å². The first kappa shape index (κ1) is 28.0. The van der Waals surface area contributed by atoms with E-state index in [4.69, 9.17) is 5.73 Å². The van der Waals surface area contributed by atoms with Gasteiger partial charge in [0.15, 0.2) is 0 Å². The standard InChI is InChI=1S/C29H35N7O2S/c1-4-36(5-2)16-15-31-24(37)14-13-23-25(26-27(30)32-18-33-28(26)39-23)20-9-11-21(12-10-20)34-29(38)35-22-8-6-7-19(3)17-22/h6-12,17-18H,4-5,13-16H2,1-3H3,(H,31,37)(H2,30,32,33)(H2,34,35,38). The van der Waals surface area contributed by atoms with E-state index in [1.54, 1.807) is 0 Å². The fourth-order valence-electron chi connectivity index (χ4n) is 4.43. The molecule has 0 aliphatic carbocycles. The van der Waals surface area contributed by atoms with E-state index in [2.05, 4.69) is 44.7 Å². The van der Waals surface area contributed by atoms with Crippen LogP contribution >= 0.6 is 11.3 Å². The number of amides is 3. The predicted octanol–water partition coefficient (Wildman–Crippen LogP) is 5.28. The maximum Gasteiger partial charge on any atom is 0.323 e. The van der Waals surface area contributed by atoms with E-state index in [9.17, 15) is 9.59 Å². The lowest BCUT2D eigenvalue weighted by atomic mass is 10.0. The van der Waals surface area contributed by atoms with E-state index in [0.717, 1.165) is 57.1 Å². The summed E-state index contributed by atoms with van der Waals surface area (Å²) >= 11 is 1.53. The van der Waals surface area contributed by atoms with Crippen LogP contribution in [-0.2, 0) is 11.2 Å². The second-order valence-electron chi connectivity index (χ2n) is 9.24. The minimum absolute atomic E-state index is 0.0174. The molecular formula is C29H35N7O2S. The molecule has 204 valence electrons. The summed E-state index contributed by atoms with van der Waals surface area (Å²) in [6, 6.07) is 14.9. The quantitative estimate of drug-likeness (QED) is 0.203. The highest BCUT2D eigenvalue weighted by Gasteiger charge is 2.19. The number of aryl methyl sites for hydroxylation is 2. The molecule has 0 bridgehead atoms. The Balaban J connectivity index is 1.47. The van der Waals surface area contributed by atoms with Crippen molar-refractivity contribution in [3.8, 4) is 11.1 Å². The van der Waals surface area contributed by atoms with E-state index in [0.29, 0.717) is 30.9 Å². The number of nitrogens with two attached hydrogens (primary N) is 1. The molecule has 0 atom stereocenters. The van der Waals surface area contributed by atoms with Crippen LogP contribution in [0.1, 0.15) is 30.7 Å². The number of nitrogens with one attached hydrogen (secondary N) is 3. The number of benzene rings is 2. The maximum absolute atomic E-state index is 12.6. The van der Waals surface area contributed by atoms with Crippen molar-refractivity contribution >= 4 is 50.7 Å². The summed E-state index contributed by atoms with van der Waals surface area (Å²) in [5, 5.41) is 9.53. The number of rotatable bonds is 11. The van der Waals surface area contributed by atoms with Gasteiger partial charge < -0.3 is 26.6 Å². The number of urea groups is 1. The Morgan fingerprint density at radius 1 is 1.00 bits per heavy atom. The van der Waals surface area contributed by atoms with Gasteiger partial charge in [0.2, 0.25) is 5.91 Å². The summed E-state index contributed by atoms with van der Waals surface area (Å²) in [7, 11) is 0. The summed E-state index contributed by atoms with van der Waals surface area (Å²) in [6.45, 7) is 9.60. The van der Waals surface area contributed by atoms with Crippen LogP contribution in [0.5, 0.6) is 0 Å². The van der Waals surface area contributed by atoms with Crippen LogP contribution in [0, 0.1) is 6.92 Å². The second-order valence-corrected chi connectivity index (χ2v) is 10.3. The Bertz CT molecular complexity index is 1430. The van der Waals surface area contributed by atoms with Gasteiger partial charge in [0.05, 0.1) is 5.39 Å². The zero-order valence-electron chi connectivity index (χ0n) is 22.6. The van der Waals surface area contributed by atoms with Gasteiger partial charge >= 0.3 is 6.03 Å². The first-order chi connectivity index (χ1) is 18.9. The van der Waals surface area contributed by atoms with Gasteiger partial charge in [-0.05, 0) is 61.8 Å². The van der Waals surface area contributed by atoms with Gasteiger partial charge in [0.25, 0.3) is 0 Å². The SMILES string of the molecule is CCN(CC)CCNC(=O)CCc1sc2ncnc(N)c2c1-c1ccc(NC(=O)Nc2cccc(C)c2)cc1. The smallest absolute Gasteiger partial charge is 0.323 e. The average molecular weight is 546 g/mol. The molecular weight excluding hydrogens is 510 g/mol. The fourth-order valence-corrected chi connectivity index (χ4v) is 5.60. The van der Waals surface area contributed by atoms with Gasteiger partial charge in [-0.2, -0.15) is 0 Å². The molecule has 0 spiro atoms. The molecule has 0 fully saturated rings. The number of hydrogen-bond donors (Lipinski definition) is 4. The molecule has 0 saturated carbocycles. The number of anilines is 3. The van der Waals surface area contributed by atoms with Gasteiger partial charge in [-0.25, -0.2) is 14.8 Å². The first-order valence-corrected chi connectivity index (χ1v) is 14.0. The molecule has 3 amide bonds. The third kappa shape index (κ3) is 7.30. The van der Waals surface area contributed by atoms with E-state index < -0.39 is 0 Å². The predicted molar refractivity (Wildman–Crippen MR) is 160 cm³/mol. The van der Waals surface area contributed by atoms with Crippen LogP contribution in [0.15, 0.2) is 54.9 Å². The second kappa shape index (κ2) is 13.2. The third-order valence-electron chi connectivity index (χ3n) is 6.52. The lowest BCUT2D eigenvalue weighted by molar-refractivity contribution is -0.121. The Labute approximate surface area is 232 Å². The zero-order valence-corrected chi connectivity index (χ0v) is 23.4. The number of aromatic nitrogens is 2. The topological polar surface area (TPSA) is 125 Å². The highest BCUT2D eigenvalue weighted by Crippen LogP contribution is 2.41. The third-order valence-corrected chi connectivity index (χ3v) is 7.68. The van der Waals surface area contributed by atoms with Crippen molar-refractivity contribution in [1.29, 1.82) is 0 Å². The van der Waals surface area contributed by atoms with Gasteiger partial charge in [0.1, 0.15) is 17.0 Å². The molecule has 4 rings (SSSR count). The van der Waals surface area contributed by atoms with E-state index in [-0.39, 0.29) is 11.9 Å². The lowest BCUT2D eigenvalue weighted by Gasteiger charge is -2.17. The Kier molecular flexibility index (Phi) is 9.45. The highest BCUT2D eigenvalue weighted by molar-refractivity contribution is 7.19. The van der Waals surface area contributed by atoms with Gasteiger partial charge in [-0.3, -0.25) is 4.79 Å². The van der Waals surface area contributed by atoms with Gasteiger partial charge in [0, 0.05) is 41.3 Å². The number of nitrogens with zero attached hydrogens (tertiary/aromatic N) is 3. The minimum Gasteiger partial charge on any atom is -0.383 e. The van der Waals surface area contributed by atoms with Crippen molar-refractivity contribution in [2.75, 3.05) is 42.5 Å². The summed E-state index contributed by atoms with van der Waals surface area (Å²) in [5.74, 6) is 0.421. The Morgan fingerprint density at radius 2 is 1.74 bits per heavy atom. The summed E-state index contributed by atoms with van der Waals surface area (Å²) in [4.78, 5) is 37.8. The molecule has 2 heterocycles. The van der Waals surface area contributed by atoms with Crippen molar-refractivity contribution in [1.82, 2.24) is 20.2 Å². The molecule has 4 aromatic rings. The molecule has 0 saturated heterocycles. The average Bonchev–Trinajstić information content (AvgIpc) is 3.30. The summed E-state index contributed by atoms with van der Waals surface area (Å²) < 4.78 is 0. The zero-order chi connectivity index (χ0) is 27.8. The van der Waals surface area contributed by atoms with Crippen molar-refractivity contribution in [3.63, 3.8) is 0 Å². The van der Waals surface area contributed by atoms with Crippen LogP contribution in [0.4, 0.5) is 22.0 Å². The number of carbonyl (C=O) groups excluding carboxylic acids is 2. The number of likely N-dealkylation sites (N-methyl/N-ethyl adjacent to an activating group) is 1. The van der Waals surface area contributed by atoms with E-state index in [1.807, 2.05) is 55.5 Å². The van der Waals surface area contributed by atoms with E-state index in [1.165, 1.54) is 17.7 Å². The number of nitrogen functional groups attached to an aromatic ring is 1. The highest BCUT2D eigenvalue weighted by atomic mass is 32.1. The normalized spacial score (nSPS) is 11.1. The molecule has 2 aromatic carbocycles. The van der Waals surface area contributed by atoms with Crippen LogP contribution in [0.25, 0.3) is 21.3 Å². The molecule has 0 radical (unpaired) electrons. The Morgan fingerprint density at radius 3 is 2.46 bits per heavy atom. The first-order valence-electron chi connectivity index (χ1n) is 13.1. The maximum atomic E-state index is 12.6. The number of hydrogen-bond acceptors (Lipinski definition) is 7. The summed E-state index contributed by atoms with van der Waals surface area (Å²) in [6.07, 6.45) is 2.39. The van der Waals surface area contributed by atoms with Crippen molar-refractivity contribution < 1.29 is 9.59 Å². The van der Waals surface area contributed by atoms with Crippen LogP contribution < -0.4 is 21.7 Å². The number of fused-ring (bicyclic) bond motifs is 1. The van der Waals surface area contributed by atoms with Crippen LogP contribution in [-0.4, -0.2) is 53.0 Å². The van der Waals surface area contributed by atoms with Crippen molar-refractivity contribution in [2.24, 2.45) is 0 Å². The molecule has 0 aliphatic rings. The lowest BCUT2D eigenvalue weighted by Crippen LogP contribution is -2.34. The molecule has 0 unspecified atom stereocenters. The van der Waals surface area contributed by atoms with Gasteiger partial charge in [-0.1, -0.05) is 38.1 Å². The largest absolute Gasteiger partial charge is 0.383 e. The molecule has 39 heavy (non-hydrogen) atoms. The van der Waals surface area contributed by atoms with Crippen molar-refractivity contribution in [3.05, 3.63) is 65.3 Å². The molecule has 5 N–H and O–H groups in total. The fraction of sp³-hybridized carbons (Fsp3) is 0.310. The molecule has 9 nitrogen and oxygen atoms in total. The molecule has 10 heteroatoms. The number of thiophene rings is 1. The molecule has 2 aromatic heterocycles. The minimum atomic E-state index is -0.320. The van der Waals surface area contributed by atoms with Crippen molar-refractivity contribution in [2.45, 2.75) is 33.6 Å². The summed E-state index contributed by atoms with van der Waals surface area (Å²) in [5.41, 5.74) is 10.6. The van der Waals surface area contributed by atoms with E-state index >= 15 is 0 Å². The molecule has 0 aliphatic heterocycles. The monoisotopic (exact) mass is 545 g/mol. The Hall–Kier alpha value is -4.02. The van der Waals surface area contributed by atoms with Crippen LogP contribution in [0.2, 0.25) is 0 Å². The van der Waals surface area contributed by atoms with Gasteiger partial charge in [-0.15, -0.1) is 11.3 Å². The number of carbonyl (C=O) groups is 2.